The molecule has 3 rings (SSSR count). The number of nitrogens with zero attached hydrogens (tertiary/aromatic N) is 2. The number of hydrogen-bond acceptors (Lipinski definition) is 3. The van der Waals surface area contributed by atoms with E-state index in [1.54, 1.807) is 4.68 Å². The molecule has 1 aromatic carbocycles. The fourth-order valence-corrected chi connectivity index (χ4v) is 2.55. The number of nitrogens with two attached hydrogens (primary N) is 1. The summed E-state index contributed by atoms with van der Waals surface area (Å²) in [5, 5.41) is 4.52. The molecule has 0 aliphatic rings. The highest BCUT2D eigenvalue weighted by Crippen LogP contribution is 2.27. The summed E-state index contributed by atoms with van der Waals surface area (Å²) in [7, 11) is 0. The van der Waals surface area contributed by atoms with Gasteiger partial charge in [0, 0.05) is 6.07 Å². The molecule has 0 fully saturated rings. The van der Waals surface area contributed by atoms with Gasteiger partial charge in [-0.3, -0.25) is 0 Å². The Balaban J connectivity index is 0.00000161. The summed E-state index contributed by atoms with van der Waals surface area (Å²) in [5.41, 5.74) is 10.1. The predicted molar refractivity (Wildman–Crippen MR) is 90.1 cm³/mol. The summed E-state index contributed by atoms with van der Waals surface area (Å²) in [5.74, 6) is 1.27. The van der Waals surface area contributed by atoms with Gasteiger partial charge in [-0.1, -0.05) is 6.07 Å². The summed E-state index contributed by atoms with van der Waals surface area (Å²) in [6.45, 7) is 4.11. The maximum Gasteiger partial charge on any atom is 0.169 e. The van der Waals surface area contributed by atoms with E-state index in [0.29, 0.717) is 21.9 Å². The lowest BCUT2D eigenvalue weighted by molar-refractivity contribution is 0.553. The standard InChI is InChI=1S/C15H14BrN3O.ClH/c1-9-5-10(2)7-11(6-9)19-15(17)8-12(18-19)13-3-4-14(16)20-13;/h3-8H,17H2,1-2H3;1H. The lowest BCUT2D eigenvalue weighted by Crippen LogP contribution is -2.02. The van der Waals surface area contributed by atoms with Crippen molar-refractivity contribution in [3.8, 4) is 17.1 Å². The number of aromatic nitrogens is 2. The average Bonchev–Trinajstić information content (AvgIpc) is 2.94. The largest absolute Gasteiger partial charge is 0.448 e. The van der Waals surface area contributed by atoms with Gasteiger partial charge in [0.2, 0.25) is 0 Å². The molecular formula is C15H15BrClN3O. The number of benzene rings is 1. The van der Waals surface area contributed by atoms with Crippen molar-refractivity contribution in [3.05, 3.63) is 52.2 Å². The van der Waals surface area contributed by atoms with E-state index in [-0.39, 0.29) is 12.4 Å². The van der Waals surface area contributed by atoms with E-state index in [0.717, 1.165) is 5.69 Å². The van der Waals surface area contributed by atoms with Gasteiger partial charge in [-0.15, -0.1) is 12.4 Å². The first-order valence-electron chi connectivity index (χ1n) is 6.23. The normalized spacial score (nSPS) is 10.4. The number of nitrogen functional groups attached to an aromatic ring is 1. The predicted octanol–water partition coefficient (Wildman–Crippen LogP) is 4.52. The van der Waals surface area contributed by atoms with Crippen LogP contribution in [0, 0.1) is 13.8 Å². The highest BCUT2D eigenvalue weighted by Gasteiger charge is 2.12. The Morgan fingerprint density at radius 3 is 2.33 bits per heavy atom. The van der Waals surface area contributed by atoms with Crippen molar-refractivity contribution in [1.29, 1.82) is 0 Å². The number of aryl methyl sites for hydroxylation is 2. The number of hydrogen-bond donors (Lipinski definition) is 1. The van der Waals surface area contributed by atoms with E-state index >= 15 is 0 Å². The van der Waals surface area contributed by atoms with E-state index in [1.807, 2.05) is 18.2 Å². The first-order chi connectivity index (χ1) is 9.52. The van der Waals surface area contributed by atoms with Gasteiger partial charge in [0.15, 0.2) is 10.4 Å². The van der Waals surface area contributed by atoms with Crippen molar-refractivity contribution in [3.63, 3.8) is 0 Å². The summed E-state index contributed by atoms with van der Waals surface area (Å²) in [4.78, 5) is 0. The average molecular weight is 369 g/mol. The number of anilines is 1. The van der Waals surface area contributed by atoms with Crippen molar-refractivity contribution in [2.75, 3.05) is 5.73 Å². The van der Waals surface area contributed by atoms with Gasteiger partial charge in [0.1, 0.15) is 11.5 Å². The van der Waals surface area contributed by atoms with Gasteiger partial charge in [-0.2, -0.15) is 5.10 Å². The molecule has 0 saturated heterocycles. The molecule has 0 spiro atoms. The van der Waals surface area contributed by atoms with Crippen molar-refractivity contribution >= 4 is 34.2 Å². The zero-order chi connectivity index (χ0) is 14.3. The Morgan fingerprint density at radius 2 is 1.76 bits per heavy atom. The molecule has 0 aliphatic carbocycles. The van der Waals surface area contributed by atoms with Gasteiger partial charge >= 0.3 is 0 Å². The molecule has 2 N–H and O–H groups in total. The third kappa shape index (κ3) is 3.14. The molecule has 21 heavy (non-hydrogen) atoms. The number of rotatable bonds is 2. The van der Waals surface area contributed by atoms with Crippen LogP contribution in [-0.2, 0) is 0 Å². The summed E-state index contributed by atoms with van der Waals surface area (Å²) in [6.07, 6.45) is 0. The number of halogens is 2. The lowest BCUT2D eigenvalue weighted by Gasteiger charge is -2.06. The van der Waals surface area contributed by atoms with Crippen LogP contribution in [0.25, 0.3) is 17.1 Å². The van der Waals surface area contributed by atoms with E-state index in [9.17, 15) is 0 Å². The summed E-state index contributed by atoms with van der Waals surface area (Å²) >= 11 is 3.29. The first kappa shape index (κ1) is 15.7. The van der Waals surface area contributed by atoms with Crippen LogP contribution in [0.3, 0.4) is 0 Å². The summed E-state index contributed by atoms with van der Waals surface area (Å²) in [6, 6.07) is 11.7. The Morgan fingerprint density at radius 1 is 1.10 bits per heavy atom. The Hall–Kier alpha value is -1.72. The fourth-order valence-electron chi connectivity index (χ4n) is 2.25. The molecule has 110 valence electrons. The molecular weight excluding hydrogens is 354 g/mol. The van der Waals surface area contributed by atoms with Crippen LogP contribution in [0.15, 0.2) is 45.5 Å². The van der Waals surface area contributed by atoms with E-state index in [4.69, 9.17) is 10.2 Å². The molecule has 6 heteroatoms. The smallest absolute Gasteiger partial charge is 0.169 e. The third-order valence-corrected chi connectivity index (χ3v) is 3.44. The molecule has 3 aromatic rings. The molecule has 0 saturated carbocycles. The Kier molecular flexibility index (Phi) is 4.44. The lowest BCUT2D eigenvalue weighted by atomic mass is 10.1. The topological polar surface area (TPSA) is 57.0 Å². The van der Waals surface area contributed by atoms with Gasteiger partial charge in [0.05, 0.1) is 5.69 Å². The van der Waals surface area contributed by atoms with Crippen LogP contribution in [0.4, 0.5) is 5.82 Å². The van der Waals surface area contributed by atoms with Crippen molar-refractivity contribution in [2.45, 2.75) is 13.8 Å². The van der Waals surface area contributed by atoms with Crippen LogP contribution in [-0.4, -0.2) is 9.78 Å². The molecule has 0 aliphatic heterocycles. The monoisotopic (exact) mass is 367 g/mol. The Bertz CT molecular complexity index is 759. The molecule has 2 aromatic heterocycles. The molecule has 0 bridgehead atoms. The second-order valence-electron chi connectivity index (χ2n) is 4.82. The van der Waals surface area contributed by atoms with Crippen LogP contribution in [0.2, 0.25) is 0 Å². The molecule has 0 amide bonds. The van der Waals surface area contributed by atoms with Crippen LogP contribution < -0.4 is 5.73 Å². The quantitative estimate of drug-likeness (QED) is 0.723. The molecule has 0 unspecified atom stereocenters. The SMILES string of the molecule is Cc1cc(C)cc(-n2nc(-c3ccc(Br)o3)cc2N)c1.Cl. The minimum Gasteiger partial charge on any atom is -0.448 e. The van der Waals surface area contributed by atoms with Crippen LogP contribution >= 0.6 is 28.3 Å². The third-order valence-electron chi connectivity index (χ3n) is 3.01. The molecule has 0 radical (unpaired) electrons. The minimum absolute atomic E-state index is 0. The maximum absolute atomic E-state index is 6.06. The fraction of sp³-hybridized carbons (Fsp3) is 0.133. The Labute approximate surface area is 137 Å². The van der Waals surface area contributed by atoms with Crippen LogP contribution in [0.1, 0.15) is 11.1 Å². The van der Waals surface area contributed by atoms with E-state index < -0.39 is 0 Å². The molecule has 2 heterocycles. The van der Waals surface area contributed by atoms with Gasteiger partial charge in [-0.25, -0.2) is 4.68 Å². The highest BCUT2D eigenvalue weighted by atomic mass is 79.9. The van der Waals surface area contributed by atoms with Crippen molar-refractivity contribution in [1.82, 2.24) is 9.78 Å². The molecule has 0 atom stereocenters. The van der Waals surface area contributed by atoms with Crippen LogP contribution in [0.5, 0.6) is 0 Å². The molecule has 4 nitrogen and oxygen atoms in total. The second-order valence-corrected chi connectivity index (χ2v) is 5.60. The number of furan rings is 1. The zero-order valence-corrected chi connectivity index (χ0v) is 14.0. The van der Waals surface area contributed by atoms with Gasteiger partial charge in [0.25, 0.3) is 0 Å². The van der Waals surface area contributed by atoms with E-state index in [2.05, 4.69) is 53.1 Å². The maximum atomic E-state index is 6.06. The first-order valence-corrected chi connectivity index (χ1v) is 7.02. The second kappa shape index (κ2) is 5.95. The zero-order valence-electron chi connectivity index (χ0n) is 11.6. The van der Waals surface area contributed by atoms with Crippen molar-refractivity contribution in [2.24, 2.45) is 0 Å². The van der Waals surface area contributed by atoms with Gasteiger partial charge < -0.3 is 10.2 Å². The minimum atomic E-state index is 0. The van der Waals surface area contributed by atoms with Crippen molar-refractivity contribution < 1.29 is 4.42 Å². The van der Waals surface area contributed by atoms with E-state index in [1.165, 1.54) is 11.1 Å². The summed E-state index contributed by atoms with van der Waals surface area (Å²) < 4.78 is 7.91. The highest BCUT2D eigenvalue weighted by molar-refractivity contribution is 9.10. The van der Waals surface area contributed by atoms with Gasteiger partial charge in [-0.05, 0) is 65.2 Å².